The number of carbonyl (C=O) groups excluding carboxylic acids is 3. The van der Waals surface area contributed by atoms with Crippen LogP contribution >= 0.6 is 0 Å². The van der Waals surface area contributed by atoms with E-state index in [-0.39, 0.29) is 103 Å². The molecule has 3 unspecified atom stereocenters. The lowest BCUT2D eigenvalue weighted by atomic mass is 9.77. The Morgan fingerprint density at radius 1 is 0.449 bits per heavy atom. The quantitative estimate of drug-likeness (QED) is 0.0520. The van der Waals surface area contributed by atoms with Gasteiger partial charge in [0.1, 0.15) is 81.4 Å². The maximum Gasteiger partial charge on any atom is 0.453 e. The van der Waals surface area contributed by atoms with Crippen molar-refractivity contribution in [2.75, 3.05) is 16.0 Å². The first-order chi connectivity index (χ1) is 50.5. The van der Waals surface area contributed by atoms with E-state index >= 15 is 0 Å². The van der Waals surface area contributed by atoms with Crippen LogP contribution in [0.2, 0.25) is 0 Å². The summed E-state index contributed by atoms with van der Waals surface area (Å²) in [5.74, 6) is -12.9. The Kier molecular flexibility index (Phi) is 18.1. The molecule has 107 heavy (non-hydrogen) atoms. The number of halogens is 12. The van der Waals surface area contributed by atoms with Crippen molar-refractivity contribution >= 4 is 52.1 Å². The number of anilines is 3. The van der Waals surface area contributed by atoms with Crippen LogP contribution in [0.4, 0.5) is 70.1 Å². The van der Waals surface area contributed by atoms with Gasteiger partial charge in [-0.2, -0.15) is 59.2 Å². The van der Waals surface area contributed by atoms with Crippen LogP contribution in [0, 0.1) is 25.5 Å². The van der Waals surface area contributed by atoms with Crippen LogP contribution in [0.25, 0.3) is 51.5 Å². The smallest absolute Gasteiger partial charge is 0.309 e. The standard InChI is InChI=1S/C23H17F6N7O2.C23H23N7O2.C22H15F6N7O2/c1-10-7-11(3-4-12(10)24)21(2)15-17(35-20(21)38)33-16(34-19(15)37)14-8-36-18(30-9-31-36)13(32-14)5-6-22(25,26)23(27,28)29;1-4-5-9-15-20-24-12-25-30(20)11-16(26-15)18-27-19-17(21(31)28-18)23(3,22(32)29-19)14-8-6-7-13(2)10-14;1-20(10-4-2-3-5-11(10)23)14-16(34-19(20)37)32-15(33-18(14)36)13-8-35-17(29-9-30-35)12(31-13)6-7-21(24,25)22(26,27)28/h3-4,7-9H,5-6H2,1-2H3,(H2,33,34,35,37,38);6-8,10-12H,4-5,9H2,1-3H3,(H2,27,28,29,31,32);2-5,8-9H,6-7H2,1H3,(H2,32,33,34,36,37). The van der Waals surface area contributed by atoms with Crippen molar-refractivity contribution < 1.29 is 67.1 Å². The first kappa shape index (κ1) is 72.9. The molecule has 0 saturated carbocycles. The van der Waals surface area contributed by atoms with Gasteiger partial charge in [-0.3, -0.25) is 28.8 Å². The molecule has 27 nitrogen and oxygen atoms in total. The molecular formula is C68H55F12N21O6. The molecule has 3 aliphatic rings. The van der Waals surface area contributed by atoms with E-state index in [4.69, 9.17) is 4.98 Å². The highest BCUT2D eigenvalue weighted by Gasteiger charge is 2.58. The number of hydrogen-bond donors (Lipinski definition) is 6. The van der Waals surface area contributed by atoms with E-state index in [2.05, 4.69) is 93.0 Å². The normalized spacial score (nSPS) is 17.6. The number of carbonyl (C=O) groups is 3. The van der Waals surface area contributed by atoms with Gasteiger partial charge in [-0.15, -0.1) is 0 Å². The predicted molar refractivity (Wildman–Crippen MR) is 355 cm³/mol. The number of aromatic amines is 3. The number of alkyl halides is 10. The summed E-state index contributed by atoms with van der Waals surface area (Å²) < 4.78 is 162. The fourth-order valence-corrected chi connectivity index (χ4v) is 12.8. The van der Waals surface area contributed by atoms with Gasteiger partial charge in [0.15, 0.2) is 34.4 Å². The highest BCUT2D eigenvalue weighted by molar-refractivity contribution is 6.09. The van der Waals surface area contributed by atoms with Gasteiger partial charge in [0, 0.05) is 18.4 Å². The number of aryl methyl sites for hydroxylation is 5. The zero-order chi connectivity index (χ0) is 76.8. The van der Waals surface area contributed by atoms with Gasteiger partial charge >= 0.3 is 24.2 Å². The summed E-state index contributed by atoms with van der Waals surface area (Å²) in [5, 5.41) is 19.8. The monoisotopic (exact) mass is 1490 g/mol. The number of benzene rings is 3. The third kappa shape index (κ3) is 12.8. The molecule has 0 radical (unpaired) electrons. The van der Waals surface area contributed by atoms with Crippen molar-refractivity contribution in [1.82, 2.24) is 88.6 Å². The first-order valence-electron chi connectivity index (χ1n) is 32.4. The lowest BCUT2D eigenvalue weighted by Gasteiger charge is -2.22. The number of aromatic nitrogens is 18. The molecule has 0 fully saturated rings. The molecule has 0 spiro atoms. The van der Waals surface area contributed by atoms with Gasteiger partial charge in [-0.05, 0) is 89.1 Å². The number of unbranched alkanes of at least 4 members (excludes halogenated alkanes) is 1. The number of amides is 3. The van der Waals surface area contributed by atoms with Crippen LogP contribution in [-0.2, 0) is 49.9 Å². The van der Waals surface area contributed by atoms with Crippen LogP contribution in [0.3, 0.4) is 0 Å². The summed E-state index contributed by atoms with van der Waals surface area (Å²) in [5.41, 5.74) is -2.75. The number of nitrogens with zero attached hydrogens (tertiary/aromatic N) is 15. The molecule has 0 aliphatic carbocycles. The number of hydrogen-bond acceptors (Lipinski definition) is 18. The second-order valence-electron chi connectivity index (χ2n) is 25.8. The molecule has 3 amide bonds. The number of rotatable bonds is 15. The summed E-state index contributed by atoms with van der Waals surface area (Å²) in [6.45, 7) is 10.2. The Bertz CT molecular complexity index is 5810. The van der Waals surface area contributed by atoms with Gasteiger partial charge in [-0.1, -0.05) is 73.5 Å². The summed E-state index contributed by atoms with van der Waals surface area (Å²) in [7, 11) is 0. The Balaban J connectivity index is 0.000000142. The molecule has 12 heterocycles. The largest absolute Gasteiger partial charge is 0.453 e. The van der Waals surface area contributed by atoms with E-state index in [0.29, 0.717) is 22.5 Å². The maximum atomic E-state index is 14.6. The lowest BCUT2D eigenvalue weighted by Crippen LogP contribution is -2.37. The first-order valence-corrected chi connectivity index (χ1v) is 32.4. The van der Waals surface area contributed by atoms with E-state index in [9.17, 15) is 81.5 Å². The minimum atomic E-state index is -5.75. The third-order valence-corrected chi connectivity index (χ3v) is 18.7. The van der Waals surface area contributed by atoms with Crippen LogP contribution in [0.5, 0.6) is 0 Å². The molecule has 0 saturated heterocycles. The van der Waals surface area contributed by atoms with Gasteiger partial charge < -0.3 is 30.9 Å². The second kappa shape index (κ2) is 26.6. The van der Waals surface area contributed by atoms with Crippen LogP contribution in [0.1, 0.15) is 115 Å². The Morgan fingerprint density at radius 2 is 0.841 bits per heavy atom. The van der Waals surface area contributed by atoms with E-state index in [1.165, 1.54) is 75.9 Å². The van der Waals surface area contributed by atoms with E-state index < -0.39 is 101 Å². The highest BCUT2D eigenvalue weighted by atomic mass is 19.4. The van der Waals surface area contributed by atoms with Crippen molar-refractivity contribution in [3.05, 3.63) is 209 Å². The molecule has 39 heteroatoms. The average molecular weight is 1490 g/mol. The molecule has 3 aromatic carbocycles. The predicted octanol–water partition coefficient (Wildman–Crippen LogP) is 9.90. The second-order valence-corrected chi connectivity index (χ2v) is 25.8. The molecule has 12 aromatic rings. The SMILES string of the molecule is CC1(c2ccccc2F)C(=O)Nc2nc(-c3cn4ncnc4c(CCC(F)(F)C(F)(F)F)n3)[nH]c(=O)c21.CCCCc1nc(-c2nc3c(c(=O)[nH]2)C(C)(c2cccc(C)c2)C(=O)N3)cn2ncnc12.Cc1cc(C2(C)C(=O)Nc3nc(-c4cn5ncnc5c(CCC(F)(F)C(F)(F)F)n4)[nH]c(=O)c32)ccc1F. The van der Waals surface area contributed by atoms with Crippen LogP contribution in [0.15, 0.2) is 119 Å². The van der Waals surface area contributed by atoms with Gasteiger partial charge in [0.25, 0.3) is 16.7 Å². The fourth-order valence-electron chi connectivity index (χ4n) is 12.8. The molecular weight excluding hydrogens is 1430 g/mol. The molecule has 6 N–H and O–H groups in total. The lowest BCUT2D eigenvalue weighted by molar-refractivity contribution is -0.284. The number of fused-ring (bicyclic) bond motifs is 6. The molecule has 0 bridgehead atoms. The third-order valence-electron chi connectivity index (χ3n) is 18.7. The minimum Gasteiger partial charge on any atom is -0.309 e. The Hall–Kier alpha value is -12.5. The summed E-state index contributed by atoms with van der Waals surface area (Å²) >= 11 is 0. The van der Waals surface area contributed by atoms with Crippen molar-refractivity contribution in [3.63, 3.8) is 0 Å². The molecule has 15 rings (SSSR count). The molecule has 3 aliphatic heterocycles. The minimum absolute atomic E-state index is 0.0378. The number of nitrogens with one attached hydrogen (secondary N) is 6. The van der Waals surface area contributed by atoms with Crippen molar-refractivity contribution in [2.45, 2.75) is 127 Å². The topological polar surface area (TPSA) is 354 Å². The maximum absolute atomic E-state index is 14.6. The Labute approximate surface area is 591 Å². The van der Waals surface area contributed by atoms with Crippen LogP contribution < -0.4 is 32.6 Å². The zero-order valence-electron chi connectivity index (χ0n) is 56.5. The van der Waals surface area contributed by atoms with Gasteiger partial charge in [0.2, 0.25) is 17.7 Å². The summed E-state index contributed by atoms with van der Waals surface area (Å²) in [6, 6.07) is 17.1. The van der Waals surface area contributed by atoms with E-state index in [1.807, 2.05) is 31.2 Å². The van der Waals surface area contributed by atoms with Crippen molar-refractivity contribution in [2.24, 2.45) is 0 Å². The highest BCUT2D eigenvalue weighted by Crippen LogP contribution is 2.45. The molecule has 9 aromatic heterocycles. The molecule has 3 atom stereocenters. The summed E-state index contributed by atoms with van der Waals surface area (Å²) in [6.07, 6.45) is -5.85. The van der Waals surface area contributed by atoms with Crippen LogP contribution in [-0.4, -0.2) is 131 Å². The average Bonchev–Trinajstić information content (AvgIpc) is 1.60. The van der Waals surface area contributed by atoms with Crippen molar-refractivity contribution in [3.8, 4) is 34.6 Å². The zero-order valence-corrected chi connectivity index (χ0v) is 56.5. The molecule has 552 valence electrons. The number of H-pyrrole nitrogens is 3. The van der Waals surface area contributed by atoms with Gasteiger partial charge in [0.05, 0.1) is 52.4 Å². The fraction of sp³-hybridized carbons (Fsp3) is 0.294. The van der Waals surface area contributed by atoms with E-state index in [1.54, 1.807) is 17.6 Å². The van der Waals surface area contributed by atoms with E-state index in [0.717, 1.165) is 63.8 Å². The Morgan fingerprint density at radius 3 is 1.23 bits per heavy atom. The van der Waals surface area contributed by atoms with Gasteiger partial charge in [-0.25, -0.2) is 67.2 Å². The summed E-state index contributed by atoms with van der Waals surface area (Å²) in [4.78, 5) is 124. The van der Waals surface area contributed by atoms with Crippen molar-refractivity contribution in [1.29, 1.82) is 0 Å².